The van der Waals surface area contributed by atoms with E-state index in [0.717, 1.165) is 32.4 Å². The van der Waals surface area contributed by atoms with Crippen LogP contribution in [0.5, 0.6) is 0 Å². The second-order valence-electron chi connectivity index (χ2n) is 7.21. The quantitative estimate of drug-likeness (QED) is 0.622. The van der Waals surface area contributed by atoms with Crippen molar-refractivity contribution < 1.29 is 9.72 Å². The molecule has 1 saturated heterocycles. The molecule has 142 valence electrons. The summed E-state index contributed by atoms with van der Waals surface area (Å²) in [6.07, 6.45) is 3.29. The minimum atomic E-state index is -0.432. The van der Waals surface area contributed by atoms with Crippen LogP contribution in [0, 0.1) is 23.0 Å². The van der Waals surface area contributed by atoms with Crippen molar-refractivity contribution in [3.8, 4) is 0 Å². The highest BCUT2D eigenvalue weighted by Gasteiger charge is 2.21. The molecular formula is C21H25N3O3. The van der Waals surface area contributed by atoms with Gasteiger partial charge in [0.25, 0.3) is 5.69 Å². The average molecular weight is 367 g/mol. The van der Waals surface area contributed by atoms with Crippen LogP contribution in [-0.2, 0) is 11.2 Å². The van der Waals surface area contributed by atoms with Crippen LogP contribution in [0.25, 0.3) is 0 Å². The van der Waals surface area contributed by atoms with Crippen molar-refractivity contribution in [2.75, 3.05) is 25.0 Å². The number of carbonyl (C=O) groups is 1. The van der Waals surface area contributed by atoms with Crippen molar-refractivity contribution in [2.45, 2.75) is 26.2 Å². The summed E-state index contributed by atoms with van der Waals surface area (Å²) in [7, 11) is 0. The van der Waals surface area contributed by atoms with Gasteiger partial charge in [-0.2, -0.15) is 0 Å². The fraction of sp³-hybridized carbons (Fsp3) is 0.381. The van der Waals surface area contributed by atoms with Gasteiger partial charge in [0.05, 0.1) is 11.5 Å². The predicted octanol–water partition coefficient (Wildman–Crippen LogP) is 3.80. The Balaban J connectivity index is 1.46. The van der Waals surface area contributed by atoms with Gasteiger partial charge in [-0.05, 0) is 62.4 Å². The summed E-state index contributed by atoms with van der Waals surface area (Å²) >= 11 is 0. The Morgan fingerprint density at radius 1 is 1.19 bits per heavy atom. The molecule has 0 radical (unpaired) electrons. The van der Waals surface area contributed by atoms with E-state index in [-0.39, 0.29) is 11.6 Å². The molecular weight excluding hydrogens is 342 g/mol. The summed E-state index contributed by atoms with van der Waals surface area (Å²) in [4.78, 5) is 24.9. The topological polar surface area (TPSA) is 75.5 Å². The molecule has 0 atom stereocenters. The van der Waals surface area contributed by atoms with Crippen LogP contribution in [0.2, 0.25) is 0 Å². The SMILES string of the molecule is Cc1cc([N+](=O)[O-])ccc1NC(=O)CN1CCC(Cc2ccccc2)CC1. The number of rotatable bonds is 6. The molecule has 0 unspecified atom stereocenters. The molecule has 0 aliphatic carbocycles. The molecule has 0 saturated carbocycles. The third-order valence-corrected chi connectivity index (χ3v) is 5.14. The maximum absolute atomic E-state index is 12.3. The van der Waals surface area contributed by atoms with Crippen molar-refractivity contribution >= 4 is 17.3 Å². The number of carbonyl (C=O) groups excluding carboxylic acids is 1. The molecule has 2 aromatic rings. The van der Waals surface area contributed by atoms with E-state index in [0.29, 0.717) is 23.7 Å². The smallest absolute Gasteiger partial charge is 0.269 e. The van der Waals surface area contributed by atoms with E-state index in [1.807, 2.05) is 6.07 Å². The summed E-state index contributed by atoms with van der Waals surface area (Å²) in [5, 5.41) is 13.7. The number of likely N-dealkylation sites (tertiary alicyclic amines) is 1. The van der Waals surface area contributed by atoms with Gasteiger partial charge in [0.1, 0.15) is 0 Å². The lowest BCUT2D eigenvalue weighted by Crippen LogP contribution is -2.39. The second-order valence-corrected chi connectivity index (χ2v) is 7.21. The third kappa shape index (κ3) is 5.37. The fourth-order valence-corrected chi connectivity index (χ4v) is 3.59. The molecule has 0 aromatic heterocycles. The highest BCUT2D eigenvalue weighted by Crippen LogP contribution is 2.23. The number of non-ortho nitro benzene ring substituents is 1. The van der Waals surface area contributed by atoms with Crippen molar-refractivity contribution in [1.82, 2.24) is 4.90 Å². The van der Waals surface area contributed by atoms with Crippen molar-refractivity contribution in [3.63, 3.8) is 0 Å². The van der Waals surface area contributed by atoms with Crippen LogP contribution in [0.3, 0.4) is 0 Å². The first-order valence-electron chi connectivity index (χ1n) is 9.32. The summed E-state index contributed by atoms with van der Waals surface area (Å²) in [6, 6.07) is 15.0. The lowest BCUT2D eigenvalue weighted by Gasteiger charge is -2.31. The van der Waals surface area contributed by atoms with Gasteiger partial charge >= 0.3 is 0 Å². The van der Waals surface area contributed by atoms with Crippen molar-refractivity contribution in [2.24, 2.45) is 5.92 Å². The molecule has 1 aliphatic rings. The number of benzene rings is 2. The average Bonchev–Trinajstić information content (AvgIpc) is 2.65. The van der Waals surface area contributed by atoms with Crippen LogP contribution in [0.1, 0.15) is 24.0 Å². The molecule has 6 nitrogen and oxygen atoms in total. The summed E-state index contributed by atoms with van der Waals surface area (Å²) in [6.45, 7) is 3.96. The zero-order valence-electron chi connectivity index (χ0n) is 15.6. The Labute approximate surface area is 159 Å². The molecule has 1 N–H and O–H groups in total. The number of nitrogens with zero attached hydrogens (tertiary/aromatic N) is 2. The van der Waals surface area contributed by atoms with Crippen LogP contribution < -0.4 is 5.32 Å². The number of nitro benzene ring substituents is 1. The number of hydrogen-bond acceptors (Lipinski definition) is 4. The largest absolute Gasteiger partial charge is 0.325 e. The number of hydrogen-bond donors (Lipinski definition) is 1. The van der Waals surface area contributed by atoms with E-state index >= 15 is 0 Å². The maximum atomic E-state index is 12.3. The molecule has 2 aromatic carbocycles. The van der Waals surface area contributed by atoms with Crippen molar-refractivity contribution in [3.05, 3.63) is 69.8 Å². The number of nitro groups is 1. The second kappa shape index (κ2) is 8.77. The zero-order valence-corrected chi connectivity index (χ0v) is 15.6. The van der Waals surface area contributed by atoms with Crippen molar-refractivity contribution in [1.29, 1.82) is 0 Å². The van der Waals surface area contributed by atoms with E-state index in [1.54, 1.807) is 13.0 Å². The standard InChI is InChI=1S/C21H25N3O3/c1-16-13-19(24(26)27)7-8-20(16)22-21(25)15-23-11-9-18(10-12-23)14-17-5-3-2-4-6-17/h2-8,13,18H,9-12,14-15H2,1H3,(H,22,25). The van der Waals surface area contributed by atoms with Gasteiger partial charge in [0.2, 0.25) is 5.91 Å². The Morgan fingerprint density at radius 3 is 2.52 bits per heavy atom. The van der Waals surface area contributed by atoms with E-state index in [2.05, 4.69) is 34.5 Å². The molecule has 27 heavy (non-hydrogen) atoms. The molecule has 1 aliphatic heterocycles. The number of aryl methyl sites for hydroxylation is 1. The fourth-order valence-electron chi connectivity index (χ4n) is 3.59. The summed E-state index contributed by atoms with van der Waals surface area (Å²) in [5.74, 6) is 0.595. The van der Waals surface area contributed by atoms with Gasteiger partial charge in [0, 0.05) is 17.8 Å². The van der Waals surface area contributed by atoms with Gasteiger partial charge in [-0.1, -0.05) is 30.3 Å². The molecule has 1 amide bonds. The molecule has 0 bridgehead atoms. The monoisotopic (exact) mass is 367 g/mol. The van der Waals surface area contributed by atoms with Gasteiger partial charge in [0.15, 0.2) is 0 Å². The first-order chi connectivity index (χ1) is 13.0. The van der Waals surface area contributed by atoms with E-state index in [4.69, 9.17) is 0 Å². The van der Waals surface area contributed by atoms with Gasteiger partial charge in [-0.3, -0.25) is 19.8 Å². The minimum Gasteiger partial charge on any atom is -0.325 e. The Bertz CT molecular complexity index is 800. The highest BCUT2D eigenvalue weighted by atomic mass is 16.6. The van der Waals surface area contributed by atoms with Crippen LogP contribution in [0.4, 0.5) is 11.4 Å². The van der Waals surface area contributed by atoms with E-state index in [1.165, 1.54) is 17.7 Å². The number of nitrogens with one attached hydrogen (secondary N) is 1. The van der Waals surface area contributed by atoms with Gasteiger partial charge in [-0.15, -0.1) is 0 Å². The van der Waals surface area contributed by atoms with Crippen LogP contribution >= 0.6 is 0 Å². The third-order valence-electron chi connectivity index (χ3n) is 5.14. The minimum absolute atomic E-state index is 0.0333. The predicted molar refractivity (Wildman–Crippen MR) is 106 cm³/mol. The lowest BCUT2D eigenvalue weighted by molar-refractivity contribution is -0.384. The molecule has 0 spiro atoms. The van der Waals surface area contributed by atoms with E-state index < -0.39 is 4.92 Å². The highest BCUT2D eigenvalue weighted by molar-refractivity contribution is 5.93. The Kier molecular flexibility index (Phi) is 6.19. The number of amides is 1. The zero-order chi connectivity index (χ0) is 19.2. The number of anilines is 1. The number of piperidine rings is 1. The lowest BCUT2D eigenvalue weighted by atomic mass is 9.90. The van der Waals surface area contributed by atoms with Gasteiger partial charge in [-0.25, -0.2) is 0 Å². The Morgan fingerprint density at radius 2 is 1.89 bits per heavy atom. The first-order valence-corrected chi connectivity index (χ1v) is 9.32. The first kappa shape index (κ1) is 19.0. The molecule has 1 heterocycles. The molecule has 6 heteroatoms. The maximum Gasteiger partial charge on any atom is 0.269 e. The van der Waals surface area contributed by atoms with Crippen LogP contribution in [-0.4, -0.2) is 35.4 Å². The normalized spacial score (nSPS) is 15.4. The summed E-state index contributed by atoms with van der Waals surface area (Å²) in [5.41, 5.74) is 2.73. The summed E-state index contributed by atoms with van der Waals surface area (Å²) < 4.78 is 0. The Hall–Kier alpha value is -2.73. The van der Waals surface area contributed by atoms with Crippen LogP contribution in [0.15, 0.2) is 48.5 Å². The molecule has 1 fully saturated rings. The van der Waals surface area contributed by atoms with E-state index in [9.17, 15) is 14.9 Å². The molecule has 3 rings (SSSR count). The van der Waals surface area contributed by atoms with Gasteiger partial charge < -0.3 is 5.32 Å².